The summed E-state index contributed by atoms with van der Waals surface area (Å²) >= 11 is 1.17. The maximum absolute atomic E-state index is 12.7. The van der Waals surface area contributed by atoms with Crippen molar-refractivity contribution in [1.82, 2.24) is 9.38 Å². The maximum Gasteiger partial charge on any atom is 0.274 e. The lowest BCUT2D eigenvalue weighted by Crippen LogP contribution is -2.22. The summed E-state index contributed by atoms with van der Waals surface area (Å²) in [5.74, 6) is -0.950. The van der Waals surface area contributed by atoms with Crippen LogP contribution in [0.3, 0.4) is 0 Å². The highest BCUT2D eigenvalue weighted by molar-refractivity contribution is 7.15. The second kappa shape index (κ2) is 5.81. The van der Waals surface area contributed by atoms with E-state index in [9.17, 15) is 20.0 Å². The average molecular weight is 368 g/mol. The molecule has 0 unspecified atom stereocenters. The molecule has 26 heavy (non-hydrogen) atoms. The lowest BCUT2D eigenvalue weighted by atomic mass is 10.1. The highest BCUT2D eigenvalue weighted by Gasteiger charge is 2.14. The lowest BCUT2D eigenvalue weighted by molar-refractivity contribution is -0.398. The summed E-state index contributed by atoms with van der Waals surface area (Å²) in [5, 5.41) is 23.0. The molecule has 0 aliphatic rings. The van der Waals surface area contributed by atoms with Gasteiger partial charge in [0.25, 0.3) is 11.2 Å². The molecule has 4 aromatic rings. The van der Waals surface area contributed by atoms with E-state index in [-0.39, 0.29) is 11.3 Å². The van der Waals surface area contributed by atoms with Crippen LogP contribution < -0.4 is 19.9 Å². The van der Waals surface area contributed by atoms with Gasteiger partial charge in [0.2, 0.25) is 0 Å². The standard InChI is InChI=1S/C17H11N3O5S/c1-25-13-7-9(6-12(15(13)21)20(23)24)8-14-16(22)19-11-5-3-2-4-10(11)18-17(19)26-14/h2-8,21H,1H3/p-1/b14-8+. The smallest absolute Gasteiger partial charge is 0.274 e. The molecule has 0 saturated carbocycles. The number of rotatable bonds is 3. The van der Waals surface area contributed by atoms with Gasteiger partial charge in [-0.3, -0.25) is 14.9 Å². The molecule has 0 radical (unpaired) electrons. The topological polar surface area (TPSA) is 110 Å². The molecule has 8 nitrogen and oxygen atoms in total. The van der Waals surface area contributed by atoms with E-state index in [2.05, 4.69) is 4.98 Å². The van der Waals surface area contributed by atoms with Crippen LogP contribution in [0.2, 0.25) is 0 Å². The number of benzene rings is 2. The van der Waals surface area contributed by atoms with Gasteiger partial charge in [0.1, 0.15) is 5.75 Å². The molecule has 2 heterocycles. The van der Waals surface area contributed by atoms with Gasteiger partial charge >= 0.3 is 0 Å². The third kappa shape index (κ3) is 2.37. The van der Waals surface area contributed by atoms with Crippen molar-refractivity contribution in [2.24, 2.45) is 0 Å². The first-order valence-corrected chi connectivity index (χ1v) is 8.26. The summed E-state index contributed by atoms with van der Waals surface area (Å²) in [7, 11) is 1.26. The molecule has 0 N–H and O–H groups in total. The highest BCUT2D eigenvalue weighted by atomic mass is 32.1. The Hall–Kier alpha value is -3.46. The zero-order valence-corrected chi connectivity index (χ0v) is 14.1. The number of ether oxygens (including phenoxy) is 1. The van der Waals surface area contributed by atoms with E-state index in [1.807, 2.05) is 18.2 Å². The molecule has 4 rings (SSSR count). The fraction of sp³-hybridized carbons (Fsp3) is 0.0588. The number of hydrogen-bond acceptors (Lipinski definition) is 7. The number of nitro groups is 1. The maximum atomic E-state index is 12.7. The number of imidazole rings is 1. The van der Waals surface area contributed by atoms with Gasteiger partial charge in [-0.1, -0.05) is 23.5 Å². The molecule has 0 bridgehead atoms. The van der Waals surface area contributed by atoms with E-state index in [1.54, 1.807) is 6.07 Å². The minimum Gasteiger partial charge on any atom is -0.865 e. The molecule has 0 aliphatic carbocycles. The minimum atomic E-state index is -0.802. The molecular weight excluding hydrogens is 358 g/mol. The van der Waals surface area contributed by atoms with Gasteiger partial charge in [-0.15, -0.1) is 0 Å². The van der Waals surface area contributed by atoms with Crippen LogP contribution in [0.5, 0.6) is 11.5 Å². The Balaban J connectivity index is 1.97. The molecule has 0 amide bonds. The number of aromatic nitrogens is 2. The second-order valence-corrected chi connectivity index (χ2v) is 6.47. The summed E-state index contributed by atoms with van der Waals surface area (Å²) in [4.78, 5) is 28.0. The lowest BCUT2D eigenvalue weighted by Gasteiger charge is -2.13. The Kier molecular flexibility index (Phi) is 3.58. The molecule has 0 fully saturated rings. The molecule has 130 valence electrons. The summed E-state index contributed by atoms with van der Waals surface area (Å²) in [6.07, 6.45) is 1.49. The van der Waals surface area contributed by atoms with Crippen LogP contribution in [0.15, 0.2) is 41.2 Å². The van der Waals surface area contributed by atoms with Crippen LogP contribution in [0.4, 0.5) is 5.69 Å². The number of para-hydroxylation sites is 2. The zero-order chi connectivity index (χ0) is 18.4. The van der Waals surface area contributed by atoms with Crippen molar-refractivity contribution < 1.29 is 14.8 Å². The predicted octanol–water partition coefficient (Wildman–Crippen LogP) is 1.45. The summed E-state index contributed by atoms with van der Waals surface area (Å²) in [5.41, 5.74) is 0.873. The summed E-state index contributed by atoms with van der Waals surface area (Å²) in [6, 6.07) is 9.78. The van der Waals surface area contributed by atoms with Crippen molar-refractivity contribution in [3.8, 4) is 11.5 Å². The Labute approximate surface area is 149 Å². The van der Waals surface area contributed by atoms with E-state index in [0.717, 1.165) is 11.6 Å². The molecule has 9 heteroatoms. The van der Waals surface area contributed by atoms with Gasteiger partial charge in [0, 0.05) is 11.8 Å². The average Bonchev–Trinajstić information content (AvgIpc) is 3.12. The Morgan fingerprint density at radius 3 is 2.81 bits per heavy atom. The van der Waals surface area contributed by atoms with Crippen molar-refractivity contribution in [3.63, 3.8) is 0 Å². The van der Waals surface area contributed by atoms with Crippen LogP contribution in [0.25, 0.3) is 22.1 Å². The van der Waals surface area contributed by atoms with Crippen molar-refractivity contribution in [3.05, 3.63) is 67.0 Å². The number of nitro benzene ring substituents is 1. The molecule has 0 saturated heterocycles. The Bertz CT molecular complexity index is 1290. The predicted molar refractivity (Wildman–Crippen MR) is 94.7 cm³/mol. The number of hydrogen-bond donors (Lipinski definition) is 0. The van der Waals surface area contributed by atoms with E-state index in [4.69, 9.17) is 4.74 Å². The molecule has 2 aromatic carbocycles. The third-order valence-corrected chi connectivity index (χ3v) is 4.89. The number of fused-ring (bicyclic) bond motifs is 3. The van der Waals surface area contributed by atoms with Crippen LogP contribution in [0.1, 0.15) is 5.56 Å². The molecule has 0 atom stereocenters. The molecular formula is C17H10N3O5S-. The van der Waals surface area contributed by atoms with Gasteiger partial charge in [-0.05, 0) is 29.8 Å². The normalized spacial score (nSPS) is 12.1. The van der Waals surface area contributed by atoms with Crippen molar-refractivity contribution in [2.75, 3.05) is 7.11 Å². The van der Waals surface area contributed by atoms with Crippen LogP contribution in [-0.2, 0) is 0 Å². The summed E-state index contributed by atoms with van der Waals surface area (Å²) in [6.45, 7) is 0. The Morgan fingerprint density at radius 1 is 1.31 bits per heavy atom. The fourth-order valence-electron chi connectivity index (χ4n) is 2.74. The van der Waals surface area contributed by atoms with Crippen LogP contribution in [0, 0.1) is 10.1 Å². The monoisotopic (exact) mass is 368 g/mol. The van der Waals surface area contributed by atoms with E-state index < -0.39 is 16.4 Å². The number of thiazole rings is 1. The second-order valence-electron chi connectivity index (χ2n) is 5.46. The van der Waals surface area contributed by atoms with Gasteiger partial charge < -0.3 is 9.84 Å². The van der Waals surface area contributed by atoms with Gasteiger partial charge in [-0.2, -0.15) is 0 Å². The number of nitrogens with zero attached hydrogens (tertiary/aromatic N) is 3. The van der Waals surface area contributed by atoms with Crippen LogP contribution >= 0.6 is 11.3 Å². The van der Waals surface area contributed by atoms with E-state index in [1.165, 1.54) is 35.0 Å². The SMILES string of the molecule is COc1cc(/C=c2/sc3nc4ccccc4n3c2=O)cc([N+](=O)[O-])c1[O-]. The molecule has 0 spiro atoms. The van der Waals surface area contributed by atoms with E-state index >= 15 is 0 Å². The third-order valence-electron chi connectivity index (χ3n) is 3.92. The van der Waals surface area contributed by atoms with Gasteiger partial charge in [0.15, 0.2) is 4.96 Å². The molecule has 2 aromatic heterocycles. The first kappa shape index (κ1) is 16.0. The highest BCUT2D eigenvalue weighted by Crippen LogP contribution is 2.34. The largest absolute Gasteiger partial charge is 0.865 e. The summed E-state index contributed by atoms with van der Waals surface area (Å²) < 4.78 is 6.77. The molecule has 0 aliphatic heterocycles. The van der Waals surface area contributed by atoms with Gasteiger partial charge in [-0.25, -0.2) is 9.38 Å². The quantitative estimate of drug-likeness (QED) is 0.400. The van der Waals surface area contributed by atoms with Crippen molar-refractivity contribution >= 4 is 39.1 Å². The number of methoxy groups -OCH3 is 1. The first-order valence-electron chi connectivity index (χ1n) is 7.45. The minimum absolute atomic E-state index is 0.148. The van der Waals surface area contributed by atoms with Gasteiger partial charge in [0.05, 0.1) is 27.6 Å². The van der Waals surface area contributed by atoms with E-state index in [0.29, 0.717) is 20.6 Å². The Morgan fingerprint density at radius 2 is 2.08 bits per heavy atom. The van der Waals surface area contributed by atoms with Crippen molar-refractivity contribution in [2.45, 2.75) is 0 Å². The van der Waals surface area contributed by atoms with Crippen molar-refractivity contribution in [1.29, 1.82) is 0 Å². The van der Waals surface area contributed by atoms with Crippen LogP contribution in [-0.4, -0.2) is 21.4 Å². The first-order chi connectivity index (χ1) is 12.5. The fourth-order valence-corrected chi connectivity index (χ4v) is 3.73. The zero-order valence-electron chi connectivity index (χ0n) is 13.3.